The Hall–Kier alpha value is -3.85. The predicted molar refractivity (Wildman–Crippen MR) is 267 cm³/mol. The molecule has 9 nitrogen and oxygen atoms in total. The summed E-state index contributed by atoms with van der Waals surface area (Å²) in [4.78, 5) is 37.6. The molecule has 0 aliphatic rings. The van der Waals surface area contributed by atoms with Gasteiger partial charge in [0.25, 0.3) is 7.82 Å². The van der Waals surface area contributed by atoms with Crippen LogP contribution in [0.2, 0.25) is 0 Å². The fraction of sp³-hybridized carbons (Fsp3) is 0.556. The summed E-state index contributed by atoms with van der Waals surface area (Å²) in [6, 6.07) is 0. The van der Waals surface area contributed by atoms with E-state index in [1.165, 1.54) is 0 Å². The van der Waals surface area contributed by atoms with Crippen molar-refractivity contribution in [2.75, 3.05) is 47.5 Å². The summed E-state index contributed by atoms with van der Waals surface area (Å²) >= 11 is 0. The molecule has 10 heteroatoms. The summed E-state index contributed by atoms with van der Waals surface area (Å²) in [6.45, 7) is 3.87. The highest BCUT2D eigenvalue weighted by Gasteiger charge is 2.21. The average Bonchev–Trinajstić information content (AvgIpc) is 3.25. The smallest absolute Gasteiger partial charge is 0.306 e. The molecule has 0 rings (SSSR count). The minimum absolute atomic E-state index is 0.0548. The fourth-order valence-corrected chi connectivity index (χ4v) is 6.24. The van der Waals surface area contributed by atoms with Crippen molar-refractivity contribution in [2.24, 2.45) is 0 Å². The second kappa shape index (κ2) is 44.4. The van der Waals surface area contributed by atoms with E-state index in [1.54, 1.807) is 0 Å². The molecule has 0 N–H and O–H groups in total. The van der Waals surface area contributed by atoms with E-state index < -0.39 is 32.5 Å². The van der Waals surface area contributed by atoms with Gasteiger partial charge in [-0.05, 0) is 103 Å². The van der Waals surface area contributed by atoms with Crippen LogP contribution in [0.4, 0.5) is 0 Å². The van der Waals surface area contributed by atoms with Crippen molar-refractivity contribution in [2.45, 2.75) is 148 Å². The Morgan fingerprint density at radius 3 is 1.28 bits per heavy atom. The van der Waals surface area contributed by atoms with Crippen LogP contribution in [0.1, 0.15) is 142 Å². The molecule has 2 atom stereocenters. The van der Waals surface area contributed by atoms with Crippen LogP contribution in [0, 0.1) is 0 Å². The maximum atomic E-state index is 12.7. The summed E-state index contributed by atoms with van der Waals surface area (Å²) in [5.41, 5.74) is 0. The fourth-order valence-electron chi connectivity index (χ4n) is 5.51. The monoisotopic (exact) mass is 908 g/mol. The Labute approximate surface area is 390 Å². The number of ether oxygens (including phenoxy) is 2. The SMILES string of the molecule is CC/C=C\C/C=C\C/C=C\C/C=C\C/C=C\C/C=C\C/C=C\CCCC(=O)OC(COC(=O)CCCCCC/C=C\C/C=C\C/C=C\C/C=C\CC)COP(=O)([O-])OCC[N+](C)(C)C. The van der Waals surface area contributed by atoms with E-state index in [4.69, 9.17) is 18.5 Å². The molecule has 0 saturated heterocycles. The van der Waals surface area contributed by atoms with Gasteiger partial charge in [0.15, 0.2) is 6.10 Å². The summed E-state index contributed by atoms with van der Waals surface area (Å²) in [6.07, 6.45) is 63.5. The largest absolute Gasteiger partial charge is 0.756 e. The summed E-state index contributed by atoms with van der Waals surface area (Å²) in [5, 5.41) is 0. The maximum Gasteiger partial charge on any atom is 0.306 e. The highest BCUT2D eigenvalue weighted by Crippen LogP contribution is 2.38. The first-order valence-electron chi connectivity index (χ1n) is 23.9. The van der Waals surface area contributed by atoms with Gasteiger partial charge >= 0.3 is 11.9 Å². The number of nitrogens with zero attached hydrogens (tertiary/aromatic N) is 1. The minimum atomic E-state index is -4.66. The topological polar surface area (TPSA) is 111 Å². The number of esters is 2. The Bertz CT molecular complexity index is 1540. The lowest BCUT2D eigenvalue weighted by Gasteiger charge is -2.28. The van der Waals surface area contributed by atoms with Crippen LogP contribution < -0.4 is 4.89 Å². The predicted octanol–water partition coefficient (Wildman–Crippen LogP) is 13.6. The molecule has 0 spiro atoms. The summed E-state index contributed by atoms with van der Waals surface area (Å²) in [5.74, 6) is -0.948. The number of allylic oxidation sites excluding steroid dienone is 22. The van der Waals surface area contributed by atoms with Gasteiger partial charge < -0.3 is 27.9 Å². The molecular weight excluding hydrogens is 822 g/mol. The van der Waals surface area contributed by atoms with E-state index in [2.05, 4.69) is 141 Å². The van der Waals surface area contributed by atoms with Gasteiger partial charge in [-0.3, -0.25) is 14.2 Å². The second-order valence-corrected chi connectivity index (χ2v) is 17.8. The van der Waals surface area contributed by atoms with Gasteiger partial charge in [-0.1, -0.05) is 160 Å². The van der Waals surface area contributed by atoms with Crippen LogP contribution in [0.15, 0.2) is 134 Å². The first kappa shape index (κ1) is 60.2. The van der Waals surface area contributed by atoms with Gasteiger partial charge in [-0.25, -0.2) is 0 Å². The Morgan fingerprint density at radius 2 is 0.859 bits per heavy atom. The highest BCUT2D eigenvalue weighted by molar-refractivity contribution is 7.45. The third-order valence-electron chi connectivity index (χ3n) is 9.17. The van der Waals surface area contributed by atoms with Crippen LogP contribution >= 0.6 is 7.82 Å². The van der Waals surface area contributed by atoms with Crippen molar-refractivity contribution < 1.29 is 42.1 Å². The number of likely N-dealkylation sites (N-methyl/N-ethyl adjacent to an activating group) is 1. The standard InChI is InChI=1S/C54H86NO8P/c1-6-8-10-12-14-16-18-20-22-24-25-26-27-28-29-31-33-35-37-39-41-43-45-47-54(57)63-52(51-62-64(58,59)61-49-48-55(3,4)5)50-60-53(56)46-44-42-40-38-36-34-32-30-23-21-19-17-15-13-11-9-7-2/h8-11,14-17,20-23,25-26,28-29,32-35,39,41,52H,6-7,12-13,18-19,24,27,30-31,36-38,40,42-51H2,1-5H3/b10-8-,11-9-,16-14-,17-15-,22-20-,23-21-,26-25-,29-28-,34-32-,35-33-,41-39-. The lowest BCUT2D eigenvalue weighted by atomic mass is 10.1. The number of carbonyl (C=O) groups is 2. The first-order valence-corrected chi connectivity index (χ1v) is 25.4. The lowest BCUT2D eigenvalue weighted by Crippen LogP contribution is -2.37. The van der Waals surface area contributed by atoms with Gasteiger partial charge in [-0.2, -0.15) is 0 Å². The number of hydrogen-bond acceptors (Lipinski definition) is 8. The molecule has 360 valence electrons. The van der Waals surface area contributed by atoms with Crippen molar-refractivity contribution in [3.63, 3.8) is 0 Å². The van der Waals surface area contributed by atoms with Crippen molar-refractivity contribution in [1.82, 2.24) is 0 Å². The number of phosphoric ester groups is 1. The lowest BCUT2D eigenvalue weighted by molar-refractivity contribution is -0.870. The Morgan fingerprint density at radius 1 is 0.484 bits per heavy atom. The molecule has 0 aromatic heterocycles. The first-order chi connectivity index (χ1) is 31.0. The molecule has 0 aromatic rings. The molecule has 64 heavy (non-hydrogen) atoms. The third kappa shape index (κ3) is 47.6. The van der Waals surface area contributed by atoms with E-state index >= 15 is 0 Å². The summed E-state index contributed by atoms with van der Waals surface area (Å²) < 4.78 is 33.9. The van der Waals surface area contributed by atoms with Crippen LogP contribution in [0.5, 0.6) is 0 Å². The van der Waals surface area contributed by atoms with Crippen LogP contribution in [0.25, 0.3) is 0 Å². The zero-order valence-electron chi connectivity index (χ0n) is 40.4. The molecule has 0 saturated carbocycles. The van der Waals surface area contributed by atoms with Gasteiger partial charge in [0.2, 0.25) is 0 Å². The van der Waals surface area contributed by atoms with Crippen molar-refractivity contribution in [1.29, 1.82) is 0 Å². The second-order valence-electron chi connectivity index (χ2n) is 16.4. The van der Waals surface area contributed by atoms with E-state index in [1.807, 2.05) is 27.2 Å². The number of phosphoric acid groups is 1. The van der Waals surface area contributed by atoms with E-state index in [0.29, 0.717) is 30.3 Å². The van der Waals surface area contributed by atoms with Gasteiger partial charge in [0.05, 0.1) is 27.7 Å². The number of unbranched alkanes of at least 4 members (excludes halogenated alkanes) is 5. The van der Waals surface area contributed by atoms with Gasteiger partial charge in [-0.15, -0.1) is 0 Å². The maximum absolute atomic E-state index is 12.7. The third-order valence-corrected chi connectivity index (χ3v) is 10.1. The zero-order chi connectivity index (χ0) is 47.1. The molecule has 0 amide bonds. The summed E-state index contributed by atoms with van der Waals surface area (Å²) in [7, 11) is 1.09. The molecule has 0 fully saturated rings. The molecule has 0 radical (unpaired) electrons. The molecule has 0 bridgehead atoms. The molecule has 0 heterocycles. The van der Waals surface area contributed by atoms with Crippen molar-refractivity contribution in [3.05, 3.63) is 134 Å². The highest BCUT2D eigenvalue weighted by atomic mass is 31.2. The van der Waals surface area contributed by atoms with Crippen LogP contribution in [-0.4, -0.2) is 70.0 Å². The number of quaternary nitrogens is 1. The number of carbonyl (C=O) groups excluding carboxylic acids is 2. The molecular formula is C54H86NO8P. The van der Waals surface area contributed by atoms with E-state index in [9.17, 15) is 19.0 Å². The normalized spacial score (nSPS) is 14.7. The Balaban J connectivity index is 4.50. The Kier molecular flexibility index (Phi) is 41.7. The van der Waals surface area contributed by atoms with E-state index in [-0.39, 0.29) is 26.1 Å². The molecule has 0 aromatic carbocycles. The average molecular weight is 908 g/mol. The van der Waals surface area contributed by atoms with Gasteiger partial charge in [0.1, 0.15) is 19.8 Å². The zero-order valence-corrected chi connectivity index (χ0v) is 41.3. The van der Waals surface area contributed by atoms with Crippen molar-refractivity contribution >= 4 is 19.8 Å². The number of rotatable bonds is 41. The number of hydrogen-bond donors (Lipinski definition) is 0. The van der Waals surface area contributed by atoms with Crippen molar-refractivity contribution in [3.8, 4) is 0 Å². The molecule has 0 aliphatic heterocycles. The minimum Gasteiger partial charge on any atom is -0.756 e. The quantitative estimate of drug-likeness (QED) is 0.0196. The molecule has 2 unspecified atom stereocenters. The van der Waals surface area contributed by atoms with Gasteiger partial charge in [0, 0.05) is 12.8 Å². The van der Waals surface area contributed by atoms with Crippen LogP contribution in [0.3, 0.4) is 0 Å². The van der Waals surface area contributed by atoms with E-state index in [0.717, 1.165) is 96.3 Å². The molecule has 0 aliphatic carbocycles. The van der Waals surface area contributed by atoms with Crippen LogP contribution in [-0.2, 0) is 32.7 Å².